The molecule has 0 N–H and O–H groups in total. The summed E-state index contributed by atoms with van der Waals surface area (Å²) in [7, 11) is -1.41. The molecule has 1 aromatic rings. The zero-order chi connectivity index (χ0) is 14.8. The predicted octanol–water partition coefficient (Wildman–Crippen LogP) is 3.22. The summed E-state index contributed by atoms with van der Waals surface area (Å²) in [6, 6.07) is 7.51. The highest BCUT2D eigenvalue weighted by Gasteiger charge is 2.41. The standard InChI is InChI=1S/C16H21NO2S/c1-4-10-16(3)11-5-12-17(15(16)18)20(19)14-8-6-13(2)7-9-14/h4,6-9H,1,5,10-12H2,2-3H3/t16-,20?/m1/s1. The van der Waals surface area contributed by atoms with Gasteiger partial charge in [-0.2, -0.15) is 0 Å². The van der Waals surface area contributed by atoms with Crippen LogP contribution >= 0.6 is 0 Å². The topological polar surface area (TPSA) is 37.4 Å². The number of nitrogens with zero attached hydrogens (tertiary/aromatic N) is 1. The van der Waals surface area contributed by atoms with Crippen molar-refractivity contribution in [1.29, 1.82) is 0 Å². The van der Waals surface area contributed by atoms with Crippen LogP contribution in [0.5, 0.6) is 0 Å². The molecule has 0 aromatic heterocycles. The molecule has 2 rings (SSSR count). The van der Waals surface area contributed by atoms with Gasteiger partial charge in [-0.3, -0.25) is 9.10 Å². The Labute approximate surface area is 123 Å². The first-order chi connectivity index (χ1) is 9.48. The maximum absolute atomic E-state index is 12.6. The van der Waals surface area contributed by atoms with Crippen LogP contribution < -0.4 is 0 Å². The van der Waals surface area contributed by atoms with Gasteiger partial charge in [-0.1, -0.05) is 30.7 Å². The lowest BCUT2D eigenvalue weighted by Gasteiger charge is -2.37. The second-order valence-corrected chi connectivity index (χ2v) is 7.04. The number of rotatable bonds is 4. The van der Waals surface area contributed by atoms with Crippen molar-refractivity contribution in [3.8, 4) is 0 Å². The number of allylic oxidation sites excluding steroid dienone is 1. The van der Waals surface area contributed by atoms with Crippen molar-refractivity contribution >= 4 is 16.9 Å². The van der Waals surface area contributed by atoms with E-state index < -0.39 is 16.4 Å². The summed E-state index contributed by atoms with van der Waals surface area (Å²) >= 11 is 0. The molecule has 1 fully saturated rings. The van der Waals surface area contributed by atoms with E-state index in [-0.39, 0.29) is 5.91 Å². The fraction of sp³-hybridized carbons (Fsp3) is 0.438. The van der Waals surface area contributed by atoms with Gasteiger partial charge in [0.1, 0.15) is 0 Å². The maximum Gasteiger partial charge on any atom is 0.240 e. The minimum Gasteiger partial charge on any atom is -0.273 e. The van der Waals surface area contributed by atoms with Crippen molar-refractivity contribution < 1.29 is 9.00 Å². The van der Waals surface area contributed by atoms with Crippen LogP contribution in [0, 0.1) is 12.3 Å². The Morgan fingerprint density at radius 1 is 1.40 bits per heavy atom. The van der Waals surface area contributed by atoms with E-state index in [4.69, 9.17) is 0 Å². The van der Waals surface area contributed by atoms with Crippen LogP contribution in [0.15, 0.2) is 41.8 Å². The first-order valence-electron chi connectivity index (χ1n) is 6.89. The molecule has 0 bridgehead atoms. The van der Waals surface area contributed by atoms with Gasteiger partial charge in [-0.15, -0.1) is 6.58 Å². The SMILES string of the molecule is C=CC[C@]1(C)CCCN(S(=O)c2ccc(C)cc2)C1=O. The molecule has 1 unspecified atom stereocenters. The molecule has 1 saturated heterocycles. The van der Waals surface area contributed by atoms with Crippen LogP contribution in [0.3, 0.4) is 0 Å². The van der Waals surface area contributed by atoms with E-state index in [2.05, 4.69) is 6.58 Å². The Bertz CT molecular complexity index is 538. The van der Waals surface area contributed by atoms with Crippen molar-refractivity contribution in [2.75, 3.05) is 6.54 Å². The second kappa shape index (κ2) is 5.92. The highest BCUT2D eigenvalue weighted by molar-refractivity contribution is 7.83. The number of carbonyl (C=O) groups is 1. The minimum atomic E-state index is -1.41. The summed E-state index contributed by atoms with van der Waals surface area (Å²) < 4.78 is 14.1. The normalized spacial score (nSPS) is 24.5. The van der Waals surface area contributed by atoms with Crippen molar-refractivity contribution in [2.45, 2.75) is 38.0 Å². The van der Waals surface area contributed by atoms with Crippen LogP contribution in [0.4, 0.5) is 0 Å². The summed E-state index contributed by atoms with van der Waals surface area (Å²) in [4.78, 5) is 13.3. The maximum atomic E-state index is 12.6. The Morgan fingerprint density at radius 2 is 2.05 bits per heavy atom. The molecule has 0 radical (unpaired) electrons. The van der Waals surface area contributed by atoms with Gasteiger partial charge in [-0.05, 0) is 38.3 Å². The Morgan fingerprint density at radius 3 is 2.65 bits per heavy atom. The first kappa shape index (κ1) is 15.0. The first-order valence-corrected chi connectivity index (χ1v) is 8.00. The molecule has 0 spiro atoms. The van der Waals surface area contributed by atoms with Crippen molar-refractivity contribution in [1.82, 2.24) is 4.31 Å². The number of hydrogen-bond donors (Lipinski definition) is 0. The summed E-state index contributed by atoms with van der Waals surface area (Å²) in [5, 5.41) is 0. The largest absolute Gasteiger partial charge is 0.273 e. The molecule has 4 heteroatoms. The van der Waals surface area contributed by atoms with Gasteiger partial charge in [-0.25, -0.2) is 4.21 Å². The third-order valence-electron chi connectivity index (χ3n) is 3.85. The number of hydrogen-bond acceptors (Lipinski definition) is 2. The number of carbonyl (C=O) groups excluding carboxylic acids is 1. The average molecular weight is 291 g/mol. The van der Waals surface area contributed by atoms with Gasteiger partial charge in [0, 0.05) is 6.54 Å². The monoisotopic (exact) mass is 291 g/mol. The molecule has 0 aliphatic carbocycles. The number of aryl methyl sites for hydroxylation is 1. The second-order valence-electron chi connectivity index (χ2n) is 5.63. The number of amides is 1. The molecular weight excluding hydrogens is 270 g/mol. The molecule has 2 atom stereocenters. The lowest BCUT2D eigenvalue weighted by atomic mass is 9.79. The smallest absolute Gasteiger partial charge is 0.240 e. The number of benzene rings is 1. The van der Waals surface area contributed by atoms with Crippen molar-refractivity contribution in [3.63, 3.8) is 0 Å². The average Bonchev–Trinajstić information content (AvgIpc) is 2.42. The van der Waals surface area contributed by atoms with Crippen molar-refractivity contribution in [2.24, 2.45) is 5.41 Å². The Hall–Kier alpha value is -1.42. The molecule has 3 nitrogen and oxygen atoms in total. The van der Waals surface area contributed by atoms with Gasteiger partial charge in [0.2, 0.25) is 5.91 Å². The van der Waals surface area contributed by atoms with E-state index in [1.807, 2.05) is 38.1 Å². The molecule has 20 heavy (non-hydrogen) atoms. The van der Waals surface area contributed by atoms with Gasteiger partial charge in [0.05, 0.1) is 10.3 Å². The number of piperidine rings is 1. The molecule has 1 heterocycles. The lowest BCUT2D eigenvalue weighted by Crippen LogP contribution is -2.47. The van der Waals surface area contributed by atoms with E-state index >= 15 is 0 Å². The zero-order valence-corrected chi connectivity index (χ0v) is 12.9. The van der Waals surface area contributed by atoms with Crippen LogP contribution in [-0.4, -0.2) is 21.0 Å². The highest BCUT2D eigenvalue weighted by Crippen LogP contribution is 2.35. The highest BCUT2D eigenvalue weighted by atomic mass is 32.2. The van der Waals surface area contributed by atoms with Crippen LogP contribution in [0.2, 0.25) is 0 Å². The summed E-state index contributed by atoms with van der Waals surface area (Å²) in [5.41, 5.74) is 0.660. The van der Waals surface area contributed by atoms with E-state index in [0.29, 0.717) is 17.9 Å². The Kier molecular flexibility index (Phi) is 4.43. The summed E-state index contributed by atoms with van der Waals surface area (Å²) in [5.74, 6) is -0.0254. The fourth-order valence-electron chi connectivity index (χ4n) is 2.57. The minimum absolute atomic E-state index is 0.0254. The molecule has 1 aliphatic heterocycles. The van der Waals surface area contributed by atoms with E-state index in [9.17, 15) is 9.00 Å². The van der Waals surface area contributed by atoms with Crippen LogP contribution in [0.1, 0.15) is 31.7 Å². The van der Waals surface area contributed by atoms with Crippen molar-refractivity contribution in [3.05, 3.63) is 42.5 Å². The quantitative estimate of drug-likeness (QED) is 0.799. The molecule has 108 valence electrons. The Balaban J connectivity index is 2.23. The van der Waals surface area contributed by atoms with Crippen LogP contribution in [0.25, 0.3) is 0 Å². The third kappa shape index (κ3) is 2.85. The lowest BCUT2D eigenvalue weighted by molar-refractivity contribution is -0.138. The van der Waals surface area contributed by atoms with E-state index in [1.165, 1.54) is 4.31 Å². The molecule has 1 aromatic carbocycles. The zero-order valence-electron chi connectivity index (χ0n) is 12.1. The molecule has 0 saturated carbocycles. The van der Waals surface area contributed by atoms with Gasteiger partial charge < -0.3 is 0 Å². The van der Waals surface area contributed by atoms with Crippen LogP contribution in [-0.2, 0) is 15.8 Å². The molecular formula is C16H21NO2S. The van der Waals surface area contributed by atoms with E-state index in [0.717, 1.165) is 18.4 Å². The summed E-state index contributed by atoms with van der Waals surface area (Å²) in [6.07, 6.45) is 4.12. The summed E-state index contributed by atoms with van der Waals surface area (Å²) in [6.45, 7) is 8.21. The van der Waals surface area contributed by atoms with Gasteiger partial charge >= 0.3 is 0 Å². The molecule has 1 amide bonds. The van der Waals surface area contributed by atoms with E-state index in [1.54, 1.807) is 6.08 Å². The predicted molar refractivity (Wildman–Crippen MR) is 81.5 cm³/mol. The third-order valence-corrected chi connectivity index (χ3v) is 5.27. The van der Waals surface area contributed by atoms with Gasteiger partial charge in [0.15, 0.2) is 11.0 Å². The molecule has 1 aliphatic rings. The van der Waals surface area contributed by atoms with Gasteiger partial charge in [0.25, 0.3) is 0 Å². The fourth-order valence-corrected chi connectivity index (χ4v) is 3.86.